The van der Waals surface area contributed by atoms with Gasteiger partial charge in [0.25, 0.3) is 0 Å². The van der Waals surface area contributed by atoms with Crippen LogP contribution in [0.3, 0.4) is 0 Å². The molecule has 1 unspecified atom stereocenters. The summed E-state index contributed by atoms with van der Waals surface area (Å²) in [6, 6.07) is 4.68. The maximum absolute atomic E-state index is 4.82. The van der Waals surface area contributed by atoms with Crippen molar-refractivity contribution in [1.82, 2.24) is 20.5 Å². The smallest absolute Gasteiger partial charge is 0.191 e. The van der Waals surface area contributed by atoms with Gasteiger partial charge in [0.05, 0.1) is 6.54 Å². The van der Waals surface area contributed by atoms with Gasteiger partial charge in [-0.05, 0) is 83.3 Å². The number of piperidine rings is 1. The Morgan fingerprint density at radius 2 is 1.97 bits per heavy atom. The zero-order valence-corrected chi connectivity index (χ0v) is 19.1. The molecule has 2 heterocycles. The third-order valence-electron chi connectivity index (χ3n) is 5.64. The van der Waals surface area contributed by atoms with Gasteiger partial charge in [-0.2, -0.15) is 0 Å². The van der Waals surface area contributed by atoms with E-state index in [1.807, 2.05) is 6.20 Å². The Balaban J connectivity index is 1.87. The van der Waals surface area contributed by atoms with Gasteiger partial charge in [0.1, 0.15) is 5.82 Å². The monoisotopic (exact) mass is 402 g/mol. The first-order valence-corrected chi connectivity index (χ1v) is 11.6. The first-order valence-electron chi connectivity index (χ1n) is 11.6. The average Bonchev–Trinajstić information content (AvgIpc) is 2.76. The molecule has 29 heavy (non-hydrogen) atoms. The summed E-state index contributed by atoms with van der Waals surface area (Å²) in [5.41, 5.74) is 1.21. The van der Waals surface area contributed by atoms with Crippen molar-refractivity contribution in [2.45, 2.75) is 72.4 Å². The van der Waals surface area contributed by atoms with E-state index in [9.17, 15) is 0 Å². The number of nitrogens with one attached hydrogen (secondary N) is 2. The maximum atomic E-state index is 4.82. The number of guanidine groups is 1. The van der Waals surface area contributed by atoms with E-state index in [1.54, 1.807) is 0 Å². The van der Waals surface area contributed by atoms with Crippen molar-refractivity contribution in [3.63, 3.8) is 0 Å². The van der Waals surface area contributed by atoms with Gasteiger partial charge in [-0.1, -0.05) is 13.8 Å². The second kappa shape index (κ2) is 13.4. The highest BCUT2D eigenvalue weighted by atomic mass is 15.2. The molecule has 1 atom stereocenters. The second-order valence-corrected chi connectivity index (χ2v) is 7.98. The standard InChI is InChI=1S/C23H42N6/c1-5-24-23(27-20(4)12-11-15-28(6-2)7-3)26-19-21-13-14-25-22(18-21)29-16-9-8-10-17-29/h13-14,18,20H,5-12,15-17,19H2,1-4H3,(H2,24,26,27). The molecule has 0 bridgehead atoms. The van der Waals surface area contributed by atoms with Crippen molar-refractivity contribution >= 4 is 11.8 Å². The molecule has 1 aromatic heterocycles. The molecule has 6 heteroatoms. The van der Waals surface area contributed by atoms with Crippen molar-refractivity contribution in [2.24, 2.45) is 4.99 Å². The molecular weight excluding hydrogens is 360 g/mol. The van der Waals surface area contributed by atoms with Crippen molar-refractivity contribution in [3.05, 3.63) is 23.9 Å². The third-order valence-corrected chi connectivity index (χ3v) is 5.64. The number of nitrogens with zero attached hydrogens (tertiary/aromatic N) is 4. The number of hydrogen-bond donors (Lipinski definition) is 2. The summed E-state index contributed by atoms with van der Waals surface area (Å²) in [4.78, 5) is 14.3. The van der Waals surface area contributed by atoms with Crippen LogP contribution in [0.15, 0.2) is 23.3 Å². The Kier molecular flexibility index (Phi) is 10.8. The first kappa shape index (κ1) is 23.5. The normalized spacial score (nSPS) is 16.2. The predicted octanol–water partition coefficient (Wildman–Crippen LogP) is 3.64. The Morgan fingerprint density at radius 3 is 2.66 bits per heavy atom. The Labute approximate surface area is 178 Å². The number of anilines is 1. The molecule has 1 aliphatic rings. The summed E-state index contributed by atoms with van der Waals surface area (Å²) in [5.74, 6) is 2.00. The third kappa shape index (κ3) is 8.60. The summed E-state index contributed by atoms with van der Waals surface area (Å²) < 4.78 is 0. The van der Waals surface area contributed by atoms with E-state index < -0.39 is 0 Å². The van der Waals surface area contributed by atoms with Crippen molar-refractivity contribution in [2.75, 3.05) is 44.2 Å². The van der Waals surface area contributed by atoms with Gasteiger partial charge in [0.15, 0.2) is 5.96 Å². The van der Waals surface area contributed by atoms with Gasteiger partial charge >= 0.3 is 0 Å². The van der Waals surface area contributed by atoms with Crippen molar-refractivity contribution < 1.29 is 0 Å². The zero-order chi connectivity index (χ0) is 20.9. The minimum Gasteiger partial charge on any atom is -0.357 e. The van der Waals surface area contributed by atoms with E-state index in [0.717, 1.165) is 50.9 Å². The molecule has 1 aliphatic heterocycles. The van der Waals surface area contributed by atoms with Crippen LogP contribution in [0.5, 0.6) is 0 Å². The van der Waals surface area contributed by atoms with Crippen LogP contribution < -0.4 is 15.5 Å². The van der Waals surface area contributed by atoms with Gasteiger partial charge in [-0.3, -0.25) is 0 Å². The summed E-state index contributed by atoms with van der Waals surface area (Å²) in [6.45, 7) is 16.0. The van der Waals surface area contributed by atoms with Crippen LogP contribution in [0.4, 0.5) is 5.82 Å². The highest BCUT2D eigenvalue weighted by Crippen LogP contribution is 2.18. The molecule has 2 rings (SSSR count). The molecule has 0 aliphatic carbocycles. The number of pyridine rings is 1. The largest absolute Gasteiger partial charge is 0.357 e. The van der Waals surface area contributed by atoms with Crippen LogP contribution in [-0.4, -0.2) is 61.2 Å². The van der Waals surface area contributed by atoms with Crippen LogP contribution >= 0.6 is 0 Å². The lowest BCUT2D eigenvalue weighted by Gasteiger charge is -2.27. The Bertz CT molecular complexity index is 593. The van der Waals surface area contributed by atoms with E-state index >= 15 is 0 Å². The van der Waals surface area contributed by atoms with E-state index in [0.29, 0.717) is 12.6 Å². The molecule has 1 saturated heterocycles. The fourth-order valence-electron chi connectivity index (χ4n) is 3.81. The Hall–Kier alpha value is -1.82. The molecule has 6 nitrogen and oxygen atoms in total. The lowest BCUT2D eigenvalue weighted by atomic mass is 10.1. The van der Waals surface area contributed by atoms with Gasteiger partial charge in [0, 0.05) is 31.9 Å². The fraction of sp³-hybridized carbons (Fsp3) is 0.739. The minimum atomic E-state index is 0.407. The zero-order valence-electron chi connectivity index (χ0n) is 19.1. The molecule has 0 saturated carbocycles. The molecule has 1 aromatic rings. The predicted molar refractivity (Wildman–Crippen MR) is 125 cm³/mol. The molecule has 164 valence electrons. The Morgan fingerprint density at radius 1 is 1.21 bits per heavy atom. The van der Waals surface area contributed by atoms with E-state index in [-0.39, 0.29) is 0 Å². The molecule has 2 N–H and O–H groups in total. The lowest BCUT2D eigenvalue weighted by molar-refractivity contribution is 0.292. The summed E-state index contributed by atoms with van der Waals surface area (Å²) >= 11 is 0. The second-order valence-electron chi connectivity index (χ2n) is 7.98. The van der Waals surface area contributed by atoms with Crippen molar-refractivity contribution in [1.29, 1.82) is 0 Å². The molecule has 0 spiro atoms. The van der Waals surface area contributed by atoms with Gasteiger partial charge < -0.3 is 20.4 Å². The molecule has 0 amide bonds. The quantitative estimate of drug-likeness (QED) is 0.437. The first-order chi connectivity index (χ1) is 14.2. The van der Waals surface area contributed by atoms with Crippen molar-refractivity contribution in [3.8, 4) is 0 Å². The number of hydrogen-bond acceptors (Lipinski definition) is 4. The van der Waals surface area contributed by atoms with Gasteiger partial charge in [-0.25, -0.2) is 9.98 Å². The van der Waals surface area contributed by atoms with E-state index in [4.69, 9.17) is 4.99 Å². The number of aliphatic imine (C=N–C) groups is 1. The van der Waals surface area contributed by atoms with Gasteiger partial charge in [0.2, 0.25) is 0 Å². The summed E-state index contributed by atoms with van der Waals surface area (Å²) in [5, 5.41) is 6.96. The topological polar surface area (TPSA) is 55.8 Å². The van der Waals surface area contributed by atoms with E-state index in [2.05, 4.69) is 65.2 Å². The van der Waals surface area contributed by atoms with Crippen LogP contribution in [0.2, 0.25) is 0 Å². The number of rotatable bonds is 11. The lowest BCUT2D eigenvalue weighted by Crippen LogP contribution is -2.42. The van der Waals surface area contributed by atoms with Crippen LogP contribution in [0, 0.1) is 0 Å². The van der Waals surface area contributed by atoms with Crippen LogP contribution in [-0.2, 0) is 6.54 Å². The summed E-state index contributed by atoms with van der Waals surface area (Å²) in [6.07, 6.45) is 8.15. The highest BCUT2D eigenvalue weighted by Gasteiger charge is 2.12. The van der Waals surface area contributed by atoms with E-state index in [1.165, 1.54) is 37.8 Å². The highest BCUT2D eigenvalue weighted by molar-refractivity contribution is 5.80. The minimum absolute atomic E-state index is 0.407. The van der Waals surface area contributed by atoms with Gasteiger partial charge in [-0.15, -0.1) is 0 Å². The average molecular weight is 403 g/mol. The summed E-state index contributed by atoms with van der Waals surface area (Å²) in [7, 11) is 0. The molecule has 1 fully saturated rings. The fourth-order valence-corrected chi connectivity index (χ4v) is 3.81. The van der Waals surface area contributed by atoms with Crippen LogP contribution in [0.25, 0.3) is 0 Å². The molecular formula is C23H42N6. The molecule has 0 radical (unpaired) electrons. The SMILES string of the molecule is CCNC(=NCc1ccnc(N2CCCCC2)c1)NC(C)CCCN(CC)CC. The maximum Gasteiger partial charge on any atom is 0.191 e. The number of aromatic nitrogens is 1. The van der Waals surface area contributed by atoms with Crippen LogP contribution in [0.1, 0.15) is 65.4 Å². The molecule has 0 aromatic carbocycles.